The van der Waals surface area contributed by atoms with Crippen LogP contribution in [0.1, 0.15) is 46.5 Å². The van der Waals surface area contributed by atoms with Crippen LogP contribution in [-0.2, 0) is 14.3 Å². The van der Waals surface area contributed by atoms with Crippen molar-refractivity contribution < 1.29 is 19.1 Å². The Labute approximate surface area is 119 Å². The SMILES string of the molecule is CC(C)(C)OC(=O)N1CCC(=O)C(C(=O)C2CCC2)C1. The number of amides is 1. The molecule has 0 aromatic carbocycles. The lowest BCUT2D eigenvalue weighted by atomic mass is 9.75. The fraction of sp³-hybridized carbons (Fsp3) is 0.800. The lowest BCUT2D eigenvalue weighted by Gasteiger charge is -2.35. The van der Waals surface area contributed by atoms with Crippen molar-refractivity contribution in [1.29, 1.82) is 0 Å². The van der Waals surface area contributed by atoms with Gasteiger partial charge in [-0.05, 0) is 33.6 Å². The molecule has 1 aliphatic carbocycles. The zero-order valence-electron chi connectivity index (χ0n) is 12.5. The molecule has 0 N–H and O–H groups in total. The topological polar surface area (TPSA) is 63.7 Å². The van der Waals surface area contributed by atoms with Gasteiger partial charge < -0.3 is 9.64 Å². The van der Waals surface area contributed by atoms with E-state index in [0.29, 0.717) is 6.54 Å². The summed E-state index contributed by atoms with van der Waals surface area (Å²) in [6.45, 7) is 5.94. The number of carbonyl (C=O) groups excluding carboxylic acids is 3. The van der Waals surface area contributed by atoms with E-state index in [1.54, 1.807) is 20.8 Å². The van der Waals surface area contributed by atoms with Gasteiger partial charge in [0.25, 0.3) is 0 Å². The van der Waals surface area contributed by atoms with Crippen LogP contribution >= 0.6 is 0 Å². The Bertz CT molecular complexity index is 420. The third kappa shape index (κ3) is 3.38. The van der Waals surface area contributed by atoms with E-state index >= 15 is 0 Å². The predicted molar refractivity (Wildman–Crippen MR) is 73.3 cm³/mol. The third-order valence-electron chi connectivity index (χ3n) is 3.92. The first-order chi connectivity index (χ1) is 9.28. The maximum Gasteiger partial charge on any atom is 0.410 e. The zero-order valence-corrected chi connectivity index (χ0v) is 12.5. The van der Waals surface area contributed by atoms with Gasteiger partial charge in [-0.15, -0.1) is 0 Å². The van der Waals surface area contributed by atoms with E-state index < -0.39 is 17.6 Å². The first-order valence-electron chi connectivity index (χ1n) is 7.32. The molecule has 5 heteroatoms. The molecule has 1 amide bonds. The highest BCUT2D eigenvalue weighted by Gasteiger charge is 2.40. The van der Waals surface area contributed by atoms with Crippen LogP contribution < -0.4 is 0 Å². The van der Waals surface area contributed by atoms with Gasteiger partial charge in [0.05, 0.1) is 5.92 Å². The quantitative estimate of drug-likeness (QED) is 0.728. The summed E-state index contributed by atoms with van der Waals surface area (Å²) in [5.74, 6) is -0.611. The number of likely N-dealkylation sites (tertiary alicyclic amines) is 1. The number of rotatable bonds is 2. The monoisotopic (exact) mass is 281 g/mol. The van der Waals surface area contributed by atoms with Crippen LogP contribution in [0.15, 0.2) is 0 Å². The van der Waals surface area contributed by atoms with E-state index in [1.807, 2.05) is 0 Å². The molecule has 5 nitrogen and oxygen atoms in total. The number of piperidine rings is 1. The number of ketones is 2. The van der Waals surface area contributed by atoms with Crippen molar-refractivity contribution in [2.75, 3.05) is 13.1 Å². The lowest BCUT2D eigenvalue weighted by molar-refractivity contribution is -0.139. The van der Waals surface area contributed by atoms with Crippen LogP contribution in [0.4, 0.5) is 4.79 Å². The van der Waals surface area contributed by atoms with Gasteiger partial charge in [-0.1, -0.05) is 6.42 Å². The third-order valence-corrected chi connectivity index (χ3v) is 3.92. The van der Waals surface area contributed by atoms with Gasteiger partial charge in [-0.25, -0.2) is 4.79 Å². The van der Waals surface area contributed by atoms with E-state index in [1.165, 1.54) is 4.90 Å². The van der Waals surface area contributed by atoms with E-state index in [-0.39, 0.29) is 30.4 Å². The second-order valence-corrected chi connectivity index (χ2v) is 6.73. The smallest absolute Gasteiger partial charge is 0.410 e. The number of hydrogen-bond donors (Lipinski definition) is 0. The Hall–Kier alpha value is -1.39. The van der Waals surface area contributed by atoms with Crippen molar-refractivity contribution in [3.63, 3.8) is 0 Å². The number of Topliss-reactive ketones (excluding diaryl/α,β-unsaturated/α-hetero) is 2. The highest BCUT2D eigenvalue weighted by molar-refractivity contribution is 6.04. The maximum atomic E-state index is 12.2. The lowest BCUT2D eigenvalue weighted by Crippen LogP contribution is -2.50. The number of hydrogen-bond acceptors (Lipinski definition) is 4. The van der Waals surface area contributed by atoms with E-state index in [4.69, 9.17) is 4.74 Å². The van der Waals surface area contributed by atoms with Crippen LogP contribution in [-0.4, -0.2) is 41.3 Å². The Morgan fingerprint density at radius 2 is 1.90 bits per heavy atom. The fourth-order valence-corrected chi connectivity index (χ4v) is 2.55. The van der Waals surface area contributed by atoms with Crippen LogP contribution in [0.5, 0.6) is 0 Å². The largest absolute Gasteiger partial charge is 0.444 e. The van der Waals surface area contributed by atoms with Gasteiger partial charge in [-0.3, -0.25) is 9.59 Å². The van der Waals surface area contributed by atoms with E-state index in [2.05, 4.69) is 0 Å². The first-order valence-corrected chi connectivity index (χ1v) is 7.32. The zero-order chi connectivity index (χ0) is 14.9. The van der Waals surface area contributed by atoms with Crippen molar-refractivity contribution in [2.24, 2.45) is 11.8 Å². The normalized spacial score (nSPS) is 24.2. The van der Waals surface area contributed by atoms with Crippen LogP contribution in [0.2, 0.25) is 0 Å². The fourth-order valence-electron chi connectivity index (χ4n) is 2.55. The molecule has 1 unspecified atom stereocenters. The standard InChI is InChI=1S/C15H23NO4/c1-15(2,3)20-14(19)16-8-7-12(17)11(9-16)13(18)10-5-4-6-10/h10-11H,4-9H2,1-3H3. The molecule has 1 atom stereocenters. The summed E-state index contributed by atoms with van der Waals surface area (Å²) >= 11 is 0. The average molecular weight is 281 g/mol. The Kier molecular flexibility index (Phi) is 4.16. The molecule has 0 aromatic heterocycles. The van der Waals surface area contributed by atoms with E-state index in [0.717, 1.165) is 19.3 Å². The summed E-state index contributed by atoms with van der Waals surface area (Å²) in [6.07, 6.45) is 2.65. The van der Waals surface area contributed by atoms with Crippen molar-refractivity contribution >= 4 is 17.7 Å². The molecule has 0 aromatic rings. The van der Waals surface area contributed by atoms with Gasteiger partial charge in [0.2, 0.25) is 0 Å². The van der Waals surface area contributed by atoms with Crippen molar-refractivity contribution in [3.8, 4) is 0 Å². The predicted octanol–water partition coefficient (Wildman–Crippen LogP) is 2.18. The molecule has 112 valence electrons. The Morgan fingerprint density at radius 1 is 1.25 bits per heavy atom. The summed E-state index contributed by atoms with van der Waals surface area (Å²) in [5, 5.41) is 0. The molecule has 2 fully saturated rings. The molecular formula is C15H23NO4. The average Bonchev–Trinajstić information content (AvgIpc) is 2.24. The molecule has 2 aliphatic rings. The summed E-state index contributed by atoms with van der Waals surface area (Å²) in [5.41, 5.74) is -0.563. The molecule has 1 saturated carbocycles. The Morgan fingerprint density at radius 3 is 2.40 bits per heavy atom. The van der Waals surface area contributed by atoms with Crippen LogP contribution in [0, 0.1) is 11.8 Å². The van der Waals surface area contributed by atoms with Crippen LogP contribution in [0.25, 0.3) is 0 Å². The minimum atomic E-state index is -0.637. The number of nitrogens with zero attached hydrogens (tertiary/aromatic N) is 1. The van der Waals surface area contributed by atoms with E-state index in [9.17, 15) is 14.4 Å². The van der Waals surface area contributed by atoms with Gasteiger partial charge in [0.1, 0.15) is 17.2 Å². The second kappa shape index (κ2) is 5.54. The van der Waals surface area contributed by atoms with Crippen molar-refractivity contribution in [1.82, 2.24) is 4.90 Å². The molecule has 1 aliphatic heterocycles. The molecule has 0 spiro atoms. The molecule has 0 radical (unpaired) electrons. The maximum absolute atomic E-state index is 12.2. The summed E-state index contributed by atoms with van der Waals surface area (Å²) in [4.78, 5) is 37.7. The summed E-state index contributed by atoms with van der Waals surface area (Å²) < 4.78 is 5.31. The highest BCUT2D eigenvalue weighted by atomic mass is 16.6. The minimum Gasteiger partial charge on any atom is -0.444 e. The van der Waals surface area contributed by atoms with Gasteiger partial charge in [0.15, 0.2) is 0 Å². The van der Waals surface area contributed by atoms with Gasteiger partial charge >= 0.3 is 6.09 Å². The second-order valence-electron chi connectivity index (χ2n) is 6.73. The number of ether oxygens (including phenoxy) is 1. The summed E-state index contributed by atoms with van der Waals surface area (Å²) in [6, 6.07) is 0. The molecular weight excluding hydrogens is 258 g/mol. The van der Waals surface area contributed by atoms with Crippen molar-refractivity contribution in [2.45, 2.75) is 52.1 Å². The van der Waals surface area contributed by atoms with Crippen LogP contribution in [0.3, 0.4) is 0 Å². The van der Waals surface area contributed by atoms with Gasteiger partial charge in [-0.2, -0.15) is 0 Å². The molecule has 2 rings (SSSR count). The molecule has 1 saturated heterocycles. The van der Waals surface area contributed by atoms with Crippen molar-refractivity contribution in [3.05, 3.63) is 0 Å². The molecule has 0 bridgehead atoms. The van der Waals surface area contributed by atoms with Gasteiger partial charge in [0, 0.05) is 25.4 Å². The molecule has 1 heterocycles. The highest BCUT2D eigenvalue weighted by Crippen LogP contribution is 2.31. The number of carbonyl (C=O) groups is 3. The summed E-state index contributed by atoms with van der Waals surface area (Å²) in [7, 11) is 0. The molecule has 20 heavy (non-hydrogen) atoms. The first kappa shape index (κ1) is 15.0. The minimum absolute atomic E-state index is 0.0227. The Balaban J connectivity index is 1.98.